The Balaban J connectivity index is 1.36. The summed E-state index contributed by atoms with van der Waals surface area (Å²) in [4.78, 5) is 19.0. The monoisotopic (exact) mass is 418 g/mol. The first kappa shape index (κ1) is 20.4. The van der Waals surface area contributed by atoms with Gasteiger partial charge in [0, 0.05) is 18.5 Å². The highest BCUT2D eigenvalue weighted by atomic mass is 32.1. The van der Waals surface area contributed by atoms with E-state index in [0.29, 0.717) is 6.61 Å². The van der Waals surface area contributed by atoms with Crippen molar-refractivity contribution >= 4 is 23.3 Å². The molecule has 0 fully saturated rings. The summed E-state index contributed by atoms with van der Waals surface area (Å²) in [5.41, 5.74) is 4.56. The van der Waals surface area contributed by atoms with E-state index in [9.17, 15) is 4.79 Å². The number of ether oxygens (including phenoxy) is 1. The molecule has 4 nitrogen and oxygen atoms in total. The number of aromatic nitrogens is 1. The van der Waals surface area contributed by atoms with Crippen molar-refractivity contribution in [3.05, 3.63) is 87.4 Å². The maximum Gasteiger partial charge on any atom is 0.246 e. The molecule has 0 N–H and O–H groups in total. The van der Waals surface area contributed by atoms with Gasteiger partial charge >= 0.3 is 0 Å². The van der Waals surface area contributed by atoms with Crippen molar-refractivity contribution in [2.45, 2.75) is 38.8 Å². The lowest BCUT2D eigenvalue weighted by atomic mass is 9.87. The van der Waals surface area contributed by atoms with E-state index in [1.807, 2.05) is 54.6 Å². The van der Waals surface area contributed by atoms with Gasteiger partial charge in [0.05, 0.1) is 16.7 Å². The summed E-state index contributed by atoms with van der Waals surface area (Å²) in [5, 5.41) is 3.06. The molecule has 0 radical (unpaired) electrons. The van der Waals surface area contributed by atoms with Crippen LogP contribution in [0.2, 0.25) is 0 Å². The van der Waals surface area contributed by atoms with Gasteiger partial charge < -0.3 is 9.64 Å². The Labute approximate surface area is 181 Å². The number of aryl methyl sites for hydroxylation is 2. The molecule has 154 valence electrons. The lowest BCUT2D eigenvalue weighted by Gasteiger charge is -2.32. The van der Waals surface area contributed by atoms with Crippen LogP contribution in [0.25, 0.3) is 6.08 Å². The summed E-state index contributed by atoms with van der Waals surface area (Å²) < 4.78 is 5.78. The zero-order chi connectivity index (χ0) is 20.9. The van der Waals surface area contributed by atoms with Crippen LogP contribution >= 0.6 is 11.3 Å². The first-order valence-corrected chi connectivity index (χ1v) is 11.1. The third-order valence-corrected chi connectivity index (χ3v) is 6.33. The molecule has 4 rings (SSSR count). The lowest BCUT2D eigenvalue weighted by Crippen LogP contribution is -2.32. The molecule has 1 aromatic heterocycles. The molecule has 1 atom stereocenters. The summed E-state index contributed by atoms with van der Waals surface area (Å²) in [6.45, 7) is 2.45. The second-order valence-electron chi connectivity index (χ2n) is 7.60. The predicted molar refractivity (Wildman–Crippen MR) is 122 cm³/mol. The van der Waals surface area contributed by atoms with Gasteiger partial charge in [-0.15, -0.1) is 11.3 Å². The summed E-state index contributed by atoms with van der Waals surface area (Å²) in [6.07, 6.45) is 6.75. The van der Waals surface area contributed by atoms with Crippen LogP contribution in [0.15, 0.2) is 60.0 Å². The third kappa shape index (κ3) is 4.79. The van der Waals surface area contributed by atoms with Crippen molar-refractivity contribution in [2.75, 3.05) is 7.05 Å². The Kier molecular flexibility index (Phi) is 6.29. The van der Waals surface area contributed by atoms with Gasteiger partial charge in [-0.1, -0.05) is 36.4 Å². The standard InChI is InChI=1S/C25H26N2O2S/c1-18-26-21(17-30-18)16-29-22-13-10-19(11-14-22)12-15-25(28)27(2)24-9-5-7-20-6-3-4-8-23(20)24/h3-4,6,8,10-15,17,24H,5,7,9,16H2,1-2H3/b15-12+. The average molecular weight is 419 g/mol. The van der Waals surface area contributed by atoms with Gasteiger partial charge in [-0.25, -0.2) is 4.98 Å². The Morgan fingerprint density at radius 1 is 1.23 bits per heavy atom. The van der Waals surface area contributed by atoms with Gasteiger partial charge in [0.15, 0.2) is 0 Å². The molecule has 0 spiro atoms. The highest BCUT2D eigenvalue weighted by Crippen LogP contribution is 2.33. The van der Waals surface area contributed by atoms with E-state index in [1.165, 1.54) is 11.1 Å². The Bertz CT molecular complexity index is 1040. The number of carbonyl (C=O) groups is 1. The predicted octanol–water partition coefficient (Wildman–Crippen LogP) is 5.58. The second-order valence-corrected chi connectivity index (χ2v) is 8.67. The molecule has 1 aliphatic carbocycles. The molecule has 30 heavy (non-hydrogen) atoms. The van der Waals surface area contributed by atoms with Crippen molar-refractivity contribution in [2.24, 2.45) is 0 Å². The second kappa shape index (κ2) is 9.26. The minimum absolute atomic E-state index is 0.0240. The highest BCUT2D eigenvalue weighted by molar-refractivity contribution is 7.09. The van der Waals surface area contributed by atoms with Crippen molar-refractivity contribution in [3.63, 3.8) is 0 Å². The number of amides is 1. The average Bonchev–Trinajstić information content (AvgIpc) is 3.21. The molecule has 1 heterocycles. The molecule has 0 saturated heterocycles. The zero-order valence-electron chi connectivity index (χ0n) is 17.4. The highest BCUT2D eigenvalue weighted by Gasteiger charge is 2.25. The summed E-state index contributed by atoms with van der Waals surface area (Å²) in [5.74, 6) is 0.816. The van der Waals surface area contributed by atoms with Crippen LogP contribution in [-0.4, -0.2) is 22.8 Å². The van der Waals surface area contributed by atoms with Crippen LogP contribution < -0.4 is 4.74 Å². The molecule has 0 bridgehead atoms. The fraction of sp³-hybridized carbons (Fsp3) is 0.280. The summed E-state index contributed by atoms with van der Waals surface area (Å²) in [7, 11) is 1.90. The van der Waals surface area contributed by atoms with E-state index in [0.717, 1.165) is 41.3 Å². The lowest BCUT2D eigenvalue weighted by molar-refractivity contribution is -0.127. The Hall–Kier alpha value is -2.92. The summed E-state index contributed by atoms with van der Waals surface area (Å²) in [6, 6.07) is 16.4. The number of likely N-dealkylation sites (N-methyl/N-ethyl adjacent to an activating group) is 1. The van der Waals surface area contributed by atoms with Crippen LogP contribution in [0.4, 0.5) is 0 Å². The largest absolute Gasteiger partial charge is 0.487 e. The molecule has 2 aromatic carbocycles. The number of carbonyl (C=O) groups excluding carboxylic acids is 1. The maximum atomic E-state index is 12.8. The topological polar surface area (TPSA) is 42.4 Å². The molecule has 1 amide bonds. The number of hydrogen-bond acceptors (Lipinski definition) is 4. The molecule has 0 saturated carbocycles. The smallest absolute Gasteiger partial charge is 0.246 e. The quantitative estimate of drug-likeness (QED) is 0.491. The molecule has 3 aromatic rings. The van der Waals surface area contributed by atoms with Gasteiger partial charge in [0.2, 0.25) is 5.91 Å². The van der Waals surface area contributed by atoms with Crippen molar-refractivity contribution in [3.8, 4) is 5.75 Å². The van der Waals surface area contributed by atoms with E-state index in [-0.39, 0.29) is 11.9 Å². The van der Waals surface area contributed by atoms with E-state index >= 15 is 0 Å². The maximum absolute atomic E-state index is 12.8. The number of nitrogens with zero attached hydrogens (tertiary/aromatic N) is 2. The Morgan fingerprint density at radius 3 is 2.80 bits per heavy atom. The fourth-order valence-electron chi connectivity index (χ4n) is 3.88. The third-order valence-electron chi connectivity index (χ3n) is 5.50. The first-order valence-electron chi connectivity index (χ1n) is 10.3. The van der Waals surface area contributed by atoms with Crippen LogP contribution in [-0.2, 0) is 17.8 Å². The number of benzene rings is 2. The summed E-state index contributed by atoms with van der Waals surface area (Å²) >= 11 is 1.62. The van der Waals surface area contributed by atoms with Crippen LogP contribution in [0, 0.1) is 6.92 Å². The van der Waals surface area contributed by atoms with Gasteiger partial charge in [0.1, 0.15) is 12.4 Å². The van der Waals surface area contributed by atoms with Gasteiger partial charge in [-0.2, -0.15) is 0 Å². The molecule has 0 aliphatic heterocycles. The van der Waals surface area contributed by atoms with Gasteiger partial charge in [0.25, 0.3) is 0 Å². The number of rotatable bonds is 6. The van der Waals surface area contributed by atoms with Crippen molar-refractivity contribution in [1.29, 1.82) is 0 Å². The molecule has 1 unspecified atom stereocenters. The molecular formula is C25H26N2O2S. The normalized spacial score (nSPS) is 15.7. The van der Waals surface area contributed by atoms with E-state index in [2.05, 4.69) is 29.2 Å². The SMILES string of the molecule is Cc1nc(COc2ccc(/C=C/C(=O)N(C)C3CCCc4ccccc43)cc2)cs1. The van der Waals surface area contributed by atoms with E-state index in [1.54, 1.807) is 17.4 Å². The molecular weight excluding hydrogens is 392 g/mol. The van der Waals surface area contributed by atoms with Crippen LogP contribution in [0.1, 0.15) is 46.3 Å². The van der Waals surface area contributed by atoms with Crippen molar-refractivity contribution < 1.29 is 9.53 Å². The van der Waals surface area contributed by atoms with E-state index in [4.69, 9.17) is 4.74 Å². The first-order chi connectivity index (χ1) is 14.6. The zero-order valence-corrected chi connectivity index (χ0v) is 18.2. The van der Waals surface area contributed by atoms with Crippen molar-refractivity contribution in [1.82, 2.24) is 9.88 Å². The molecule has 1 aliphatic rings. The molecule has 5 heteroatoms. The minimum atomic E-state index is 0.0240. The number of fused-ring (bicyclic) bond motifs is 1. The van der Waals surface area contributed by atoms with Crippen LogP contribution in [0.5, 0.6) is 5.75 Å². The minimum Gasteiger partial charge on any atom is -0.487 e. The Morgan fingerprint density at radius 2 is 2.03 bits per heavy atom. The van der Waals surface area contributed by atoms with Crippen LogP contribution in [0.3, 0.4) is 0 Å². The van der Waals surface area contributed by atoms with Gasteiger partial charge in [-0.3, -0.25) is 4.79 Å². The van der Waals surface area contributed by atoms with E-state index < -0.39 is 0 Å². The number of thiazole rings is 1. The fourth-order valence-corrected chi connectivity index (χ4v) is 4.47. The number of hydrogen-bond donors (Lipinski definition) is 0. The van der Waals surface area contributed by atoms with Gasteiger partial charge in [-0.05, 0) is 61.1 Å².